The molecule has 1 fully saturated rings. The van der Waals surface area contributed by atoms with E-state index in [-0.39, 0.29) is 18.6 Å². The van der Waals surface area contributed by atoms with Crippen molar-refractivity contribution in [3.05, 3.63) is 58.4 Å². The number of amides is 2. The van der Waals surface area contributed by atoms with Gasteiger partial charge in [-0.1, -0.05) is 11.6 Å². The number of hydrogen-bond donors (Lipinski definition) is 1. The summed E-state index contributed by atoms with van der Waals surface area (Å²) < 4.78 is 10.2. The fraction of sp³-hybridized carbons (Fsp3) is 0.435. The predicted molar refractivity (Wildman–Crippen MR) is 118 cm³/mol. The number of nitrogens with zero attached hydrogens (tertiary/aromatic N) is 2. The summed E-state index contributed by atoms with van der Waals surface area (Å²) in [6.07, 6.45) is 3.90. The Hall–Kier alpha value is -2.64. The number of rotatable bonds is 6. The molecule has 8 heteroatoms. The second-order valence-electron chi connectivity index (χ2n) is 7.92. The average Bonchev–Trinajstić information content (AvgIpc) is 2.76. The molecule has 1 aliphatic heterocycles. The minimum Gasteiger partial charge on any atom is -0.447 e. The lowest BCUT2D eigenvalue weighted by molar-refractivity contribution is 0.0816. The number of aryl methyl sites for hydroxylation is 1. The number of anilines is 1. The fourth-order valence-corrected chi connectivity index (χ4v) is 4.19. The van der Waals surface area contributed by atoms with E-state index in [0.717, 1.165) is 49.2 Å². The van der Waals surface area contributed by atoms with Crippen LogP contribution in [0.25, 0.3) is 0 Å². The number of hydrogen-bond acceptors (Lipinski definition) is 5. The number of nitrogens with one attached hydrogen (secondary N) is 1. The maximum atomic E-state index is 12.8. The van der Waals surface area contributed by atoms with E-state index < -0.39 is 5.54 Å². The Morgan fingerprint density at radius 1 is 1.13 bits per heavy atom. The minimum absolute atomic E-state index is 0.140. The van der Waals surface area contributed by atoms with Crippen LogP contribution >= 0.6 is 11.6 Å². The third-order valence-electron chi connectivity index (χ3n) is 5.93. The van der Waals surface area contributed by atoms with E-state index in [4.69, 9.17) is 26.1 Å². The largest absolute Gasteiger partial charge is 0.447 e. The van der Waals surface area contributed by atoms with Crippen LogP contribution < -0.4 is 10.2 Å². The first kappa shape index (κ1) is 21.6. The van der Waals surface area contributed by atoms with Gasteiger partial charge in [0, 0.05) is 24.2 Å². The van der Waals surface area contributed by atoms with Crippen molar-refractivity contribution >= 4 is 29.3 Å². The van der Waals surface area contributed by atoms with Crippen LogP contribution in [0, 0.1) is 0 Å². The minimum atomic E-state index is -0.479. The van der Waals surface area contributed by atoms with Crippen molar-refractivity contribution in [3.63, 3.8) is 0 Å². The second kappa shape index (κ2) is 9.24. The molecule has 0 saturated heterocycles. The van der Waals surface area contributed by atoms with Crippen LogP contribution in [0.1, 0.15) is 47.4 Å². The van der Waals surface area contributed by atoms with Gasteiger partial charge in [0.25, 0.3) is 5.91 Å². The fourth-order valence-electron chi connectivity index (χ4n) is 4.06. The maximum Gasteiger partial charge on any atom is 0.414 e. The molecule has 1 N–H and O–H groups in total. The van der Waals surface area contributed by atoms with Gasteiger partial charge in [0.1, 0.15) is 6.61 Å². The highest BCUT2D eigenvalue weighted by Crippen LogP contribution is 2.42. The van der Waals surface area contributed by atoms with Crippen molar-refractivity contribution in [2.24, 2.45) is 0 Å². The smallest absolute Gasteiger partial charge is 0.414 e. The molecule has 2 heterocycles. The highest BCUT2D eigenvalue weighted by Gasteiger charge is 2.42. The van der Waals surface area contributed by atoms with E-state index in [1.807, 2.05) is 12.1 Å². The molecule has 4 rings (SSSR count). The topological polar surface area (TPSA) is 80.8 Å². The van der Waals surface area contributed by atoms with E-state index >= 15 is 0 Å². The van der Waals surface area contributed by atoms with Crippen molar-refractivity contribution in [3.8, 4) is 0 Å². The molecular weight excluding hydrogens is 418 g/mol. The van der Waals surface area contributed by atoms with Crippen molar-refractivity contribution in [1.82, 2.24) is 10.3 Å². The predicted octanol–water partition coefficient (Wildman–Crippen LogP) is 4.08. The molecule has 0 unspecified atom stereocenters. The number of carbonyl (C=O) groups is 2. The zero-order valence-corrected chi connectivity index (χ0v) is 18.3. The summed E-state index contributed by atoms with van der Waals surface area (Å²) in [5.41, 5.74) is 2.57. The normalized spacial score (nSPS) is 16.8. The molecule has 1 saturated carbocycles. The molecule has 1 aliphatic carbocycles. The zero-order valence-electron chi connectivity index (χ0n) is 17.5. The van der Waals surface area contributed by atoms with Gasteiger partial charge in [-0.3, -0.25) is 14.7 Å². The third kappa shape index (κ3) is 4.52. The SMILES string of the molecule is COCCOC(=O)N1CCCc2nc(C3(NC(=O)c4ccc(Cl)cc4)CCC3)ccc21. The number of benzene rings is 1. The van der Waals surface area contributed by atoms with Crippen LogP contribution in [0.2, 0.25) is 5.02 Å². The van der Waals surface area contributed by atoms with E-state index in [0.29, 0.717) is 23.7 Å². The van der Waals surface area contributed by atoms with Gasteiger partial charge in [-0.15, -0.1) is 0 Å². The maximum absolute atomic E-state index is 12.8. The molecule has 1 aromatic carbocycles. The number of pyridine rings is 1. The van der Waals surface area contributed by atoms with Gasteiger partial charge >= 0.3 is 6.09 Å². The van der Waals surface area contributed by atoms with E-state index in [1.165, 1.54) is 0 Å². The number of fused-ring (bicyclic) bond motifs is 1. The molecular formula is C23H26ClN3O4. The Morgan fingerprint density at radius 3 is 2.58 bits per heavy atom. The molecule has 0 atom stereocenters. The Kier molecular flexibility index (Phi) is 6.43. The molecule has 0 radical (unpaired) electrons. The van der Waals surface area contributed by atoms with Gasteiger partial charge in [-0.2, -0.15) is 0 Å². The van der Waals surface area contributed by atoms with E-state index in [2.05, 4.69) is 5.32 Å². The monoisotopic (exact) mass is 443 g/mol. The van der Waals surface area contributed by atoms with Crippen LogP contribution in [0.5, 0.6) is 0 Å². The summed E-state index contributed by atoms with van der Waals surface area (Å²) in [5, 5.41) is 3.79. The van der Waals surface area contributed by atoms with Crippen molar-refractivity contribution in [1.29, 1.82) is 0 Å². The van der Waals surface area contributed by atoms with Gasteiger partial charge in [0.2, 0.25) is 0 Å². The summed E-state index contributed by atoms with van der Waals surface area (Å²) in [4.78, 5) is 31.8. The summed E-state index contributed by atoms with van der Waals surface area (Å²) in [7, 11) is 1.57. The quantitative estimate of drug-likeness (QED) is 0.680. The Morgan fingerprint density at radius 2 is 1.90 bits per heavy atom. The van der Waals surface area contributed by atoms with Crippen molar-refractivity contribution < 1.29 is 19.1 Å². The molecule has 0 bridgehead atoms. The van der Waals surface area contributed by atoms with Crippen LogP contribution in [0.3, 0.4) is 0 Å². The molecule has 1 aromatic heterocycles. The van der Waals surface area contributed by atoms with Gasteiger partial charge in [0.15, 0.2) is 0 Å². The van der Waals surface area contributed by atoms with Crippen LogP contribution in [-0.2, 0) is 21.4 Å². The van der Waals surface area contributed by atoms with Crippen molar-refractivity contribution in [2.75, 3.05) is 31.8 Å². The molecule has 2 aromatic rings. The number of aromatic nitrogens is 1. The van der Waals surface area contributed by atoms with E-state index in [9.17, 15) is 9.59 Å². The van der Waals surface area contributed by atoms with Gasteiger partial charge in [0.05, 0.1) is 29.2 Å². The molecule has 2 aliphatic rings. The Labute approximate surface area is 186 Å². The number of carbonyl (C=O) groups excluding carboxylic acids is 2. The van der Waals surface area contributed by atoms with Gasteiger partial charge < -0.3 is 14.8 Å². The number of ether oxygens (including phenoxy) is 2. The number of halogens is 1. The first-order chi connectivity index (χ1) is 15.0. The van der Waals surface area contributed by atoms with E-state index in [1.54, 1.807) is 36.3 Å². The molecule has 7 nitrogen and oxygen atoms in total. The third-order valence-corrected chi connectivity index (χ3v) is 6.18. The Balaban J connectivity index is 1.53. The first-order valence-electron chi connectivity index (χ1n) is 10.5. The molecule has 31 heavy (non-hydrogen) atoms. The molecule has 164 valence electrons. The molecule has 0 spiro atoms. The lowest BCUT2D eigenvalue weighted by atomic mass is 9.73. The summed E-state index contributed by atoms with van der Waals surface area (Å²) >= 11 is 5.94. The van der Waals surface area contributed by atoms with Crippen LogP contribution in [-0.4, -0.2) is 43.9 Å². The lowest BCUT2D eigenvalue weighted by Gasteiger charge is -2.42. The summed E-state index contributed by atoms with van der Waals surface area (Å²) in [6.45, 7) is 1.17. The highest BCUT2D eigenvalue weighted by atomic mass is 35.5. The number of methoxy groups -OCH3 is 1. The summed E-state index contributed by atoms with van der Waals surface area (Å²) in [5.74, 6) is -0.140. The molecule has 2 amide bonds. The van der Waals surface area contributed by atoms with Crippen LogP contribution in [0.15, 0.2) is 36.4 Å². The van der Waals surface area contributed by atoms with Gasteiger partial charge in [-0.05, 0) is 68.5 Å². The zero-order chi connectivity index (χ0) is 21.8. The van der Waals surface area contributed by atoms with Crippen molar-refractivity contribution in [2.45, 2.75) is 37.6 Å². The average molecular weight is 444 g/mol. The highest BCUT2D eigenvalue weighted by molar-refractivity contribution is 6.30. The lowest BCUT2D eigenvalue weighted by Crippen LogP contribution is -2.51. The van der Waals surface area contributed by atoms with Gasteiger partial charge in [-0.25, -0.2) is 4.79 Å². The first-order valence-corrected chi connectivity index (χ1v) is 10.9. The Bertz CT molecular complexity index is 960. The standard InChI is InChI=1S/C23H26ClN3O4/c1-30-14-15-31-22(29)27-13-2-4-18-19(27)9-10-20(25-18)23(11-3-12-23)26-21(28)16-5-7-17(24)8-6-16/h5-10H,2-4,11-15H2,1H3,(H,26,28). The second-order valence-corrected chi connectivity index (χ2v) is 8.36. The summed E-state index contributed by atoms with van der Waals surface area (Å²) in [6, 6.07) is 10.7. The van der Waals surface area contributed by atoms with Crippen LogP contribution in [0.4, 0.5) is 10.5 Å².